The Morgan fingerprint density at radius 3 is 2.67 bits per heavy atom. The Morgan fingerprint density at radius 1 is 1.15 bits per heavy atom. The summed E-state index contributed by atoms with van der Waals surface area (Å²) in [6, 6.07) is 16.6. The van der Waals surface area contributed by atoms with Crippen LogP contribution in [0.5, 0.6) is 5.75 Å². The lowest BCUT2D eigenvalue weighted by Gasteiger charge is -2.14. The van der Waals surface area contributed by atoms with Crippen LogP contribution in [0, 0.1) is 6.92 Å². The van der Waals surface area contributed by atoms with Crippen LogP contribution in [0.1, 0.15) is 11.1 Å². The van der Waals surface area contributed by atoms with Crippen LogP contribution < -0.4 is 15.4 Å². The Kier molecular flexibility index (Phi) is 5.97. The van der Waals surface area contributed by atoms with Gasteiger partial charge in [0.05, 0.1) is 12.2 Å². The number of aryl methyl sites for hydroxylation is 1. The fourth-order valence-electron chi connectivity index (χ4n) is 2.48. The van der Waals surface area contributed by atoms with Gasteiger partial charge in [0.15, 0.2) is 10.9 Å². The van der Waals surface area contributed by atoms with Crippen molar-refractivity contribution in [2.75, 3.05) is 10.6 Å². The second-order valence-corrected chi connectivity index (χ2v) is 6.25. The van der Waals surface area contributed by atoms with Gasteiger partial charge in [-0.3, -0.25) is 4.68 Å². The molecule has 0 saturated heterocycles. The molecule has 0 radical (unpaired) electrons. The maximum atomic E-state index is 12.6. The molecule has 0 aliphatic rings. The third-order valence-corrected chi connectivity index (χ3v) is 3.88. The van der Waals surface area contributed by atoms with Crippen molar-refractivity contribution in [2.24, 2.45) is 0 Å². The number of thiocarbonyl (C=S) groups is 1. The Morgan fingerprint density at radius 2 is 1.93 bits per heavy atom. The minimum Gasteiger partial charge on any atom is -0.433 e. The molecule has 3 rings (SSSR count). The highest BCUT2D eigenvalue weighted by Crippen LogP contribution is 2.27. The normalized spacial score (nSPS) is 10.7. The summed E-state index contributed by atoms with van der Waals surface area (Å²) in [5, 5.41) is 10.4. The first-order chi connectivity index (χ1) is 13.0. The summed E-state index contributed by atoms with van der Waals surface area (Å²) < 4.78 is 31.5. The number of hydrogen-bond acceptors (Lipinski definition) is 3. The summed E-state index contributed by atoms with van der Waals surface area (Å²) in [7, 11) is 0. The number of nitrogens with zero attached hydrogens (tertiary/aromatic N) is 2. The Labute approximate surface area is 161 Å². The van der Waals surface area contributed by atoms with Gasteiger partial charge >= 0.3 is 6.61 Å². The van der Waals surface area contributed by atoms with Gasteiger partial charge in [-0.2, -0.15) is 13.9 Å². The number of halogens is 2. The summed E-state index contributed by atoms with van der Waals surface area (Å²) in [6.45, 7) is -0.493. The molecule has 0 atom stereocenters. The predicted octanol–water partition coefficient (Wildman–Crippen LogP) is 4.65. The van der Waals surface area contributed by atoms with Gasteiger partial charge in [-0.15, -0.1) is 0 Å². The van der Waals surface area contributed by atoms with E-state index in [1.54, 1.807) is 29.8 Å². The van der Waals surface area contributed by atoms with E-state index in [-0.39, 0.29) is 10.9 Å². The molecule has 8 heteroatoms. The van der Waals surface area contributed by atoms with Crippen LogP contribution in [-0.2, 0) is 6.54 Å². The molecule has 27 heavy (non-hydrogen) atoms. The topological polar surface area (TPSA) is 51.1 Å². The van der Waals surface area contributed by atoms with E-state index in [0.717, 1.165) is 11.1 Å². The number of aromatic nitrogens is 2. The molecule has 140 valence electrons. The zero-order valence-electron chi connectivity index (χ0n) is 14.5. The van der Waals surface area contributed by atoms with Gasteiger partial charge in [-0.1, -0.05) is 36.4 Å². The van der Waals surface area contributed by atoms with Crippen molar-refractivity contribution in [1.82, 2.24) is 9.78 Å². The smallest absolute Gasteiger partial charge is 0.387 e. The lowest BCUT2D eigenvalue weighted by molar-refractivity contribution is -0.0493. The van der Waals surface area contributed by atoms with E-state index in [4.69, 9.17) is 12.2 Å². The minimum absolute atomic E-state index is 0.0313. The van der Waals surface area contributed by atoms with Crippen molar-refractivity contribution in [2.45, 2.75) is 20.1 Å². The summed E-state index contributed by atoms with van der Waals surface area (Å²) in [4.78, 5) is 0. The number of alkyl halides is 2. The largest absolute Gasteiger partial charge is 0.433 e. The standard InChI is InChI=1S/C19H18F2N4OS/c1-13-7-8-15(16(11-13)26-18(20)21)22-19(27)23-17-9-10-25(24-17)12-14-5-3-2-4-6-14/h2-11,18H,12H2,1H3,(H2,22,23,24,27). The van der Waals surface area contributed by atoms with E-state index >= 15 is 0 Å². The number of benzene rings is 2. The van der Waals surface area contributed by atoms with E-state index in [9.17, 15) is 8.78 Å². The van der Waals surface area contributed by atoms with Crippen molar-refractivity contribution >= 4 is 28.8 Å². The second kappa shape index (κ2) is 8.59. The summed E-state index contributed by atoms with van der Waals surface area (Å²) >= 11 is 5.25. The molecular weight excluding hydrogens is 370 g/mol. The molecule has 0 amide bonds. The summed E-state index contributed by atoms with van der Waals surface area (Å²) in [5.41, 5.74) is 2.28. The first-order valence-corrected chi connectivity index (χ1v) is 8.61. The third kappa shape index (κ3) is 5.49. The van der Waals surface area contributed by atoms with Crippen LogP contribution in [0.25, 0.3) is 0 Å². The van der Waals surface area contributed by atoms with Gasteiger partial charge in [0.25, 0.3) is 0 Å². The van der Waals surface area contributed by atoms with Crippen molar-refractivity contribution < 1.29 is 13.5 Å². The minimum atomic E-state index is -2.91. The van der Waals surface area contributed by atoms with Crippen molar-refractivity contribution in [3.8, 4) is 5.75 Å². The van der Waals surface area contributed by atoms with Gasteiger partial charge in [0.1, 0.15) is 5.75 Å². The van der Waals surface area contributed by atoms with E-state index in [1.807, 2.05) is 36.5 Å². The molecule has 1 aromatic heterocycles. The quantitative estimate of drug-likeness (QED) is 0.602. The third-order valence-electron chi connectivity index (χ3n) is 3.67. The molecule has 0 aliphatic carbocycles. The lowest BCUT2D eigenvalue weighted by Crippen LogP contribution is -2.20. The molecular formula is C19H18F2N4OS. The maximum Gasteiger partial charge on any atom is 0.387 e. The molecule has 2 aromatic carbocycles. The number of nitrogens with one attached hydrogen (secondary N) is 2. The van der Waals surface area contributed by atoms with E-state index in [0.29, 0.717) is 18.1 Å². The van der Waals surface area contributed by atoms with Crippen LogP contribution in [0.15, 0.2) is 60.8 Å². The molecule has 5 nitrogen and oxygen atoms in total. The number of anilines is 2. The van der Waals surface area contributed by atoms with E-state index in [1.165, 1.54) is 6.07 Å². The Bertz CT molecular complexity index is 915. The fourth-order valence-corrected chi connectivity index (χ4v) is 2.70. The van der Waals surface area contributed by atoms with Crippen molar-refractivity contribution in [3.05, 3.63) is 71.9 Å². The zero-order valence-corrected chi connectivity index (χ0v) is 15.3. The first-order valence-electron chi connectivity index (χ1n) is 8.20. The highest BCUT2D eigenvalue weighted by Gasteiger charge is 2.12. The highest BCUT2D eigenvalue weighted by molar-refractivity contribution is 7.80. The number of ether oxygens (including phenoxy) is 1. The Balaban J connectivity index is 1.63. The lowest BCUT2D eigenvalue weighted by atomic mass is 10.2. The van der Waals surface area contributed by atoms with Gasteiger partial charge in [0.2, 0.25) is 0 Å². The number of rotatable bonds is 6. The van der Waals surface area contributed by atoms with Crippen LogP contribution in [0.2, 0.25) is 0 Å². The molecule has 0 spiro atoms. The maximum absolute atomic E-state index is 12.6. The van der Waals surface area contributed by atoms with Crippen LogP contribution in [0.4, 0.5) is 20.3 Å². The van der Waals surface area contributed by atoms with Gasteiger partial charge in [0, 0.05) is 12.3 Å². The fraction of sp³-hybridized carbons (Fsp3) is 0.158. The molecule has 0 aliphatic heterocycles. The van der Waals surface area contributed by atoms with Gasteiger partial charge in [-0.25, -0.2) is 0 Å². The monoisotopic (exact) mass is 388 g/mol. The van der Waals surface area contributed by atoms with Crippen LogP contribution >= 0.6 is 12.2 Å². The average Bonchev–Trinajstić information content (AvgIpc) is 3.04. The average molecular weight is 388 g/mol. The van der Waals surface area contributed by atoms with Crippen molar-refractivity contribution in [3.63, 3.8) is 0 Å². The highest BCUT2D eigenvalue weighted by atomic mass is 32.1. The Hall–Kier alpha value is -3.00. The molecule has 3 aromatic rings. The van der Waals surface area contributed by atoms with Crippen LogP contribution in [-0.4, -0.2) is 21.5 Å². The molecule has 2 N–H and O–H groups in total. The predicted molar refractivity (Wildman–Crippen MR) is 105 cm³/mol. The molecule has 1 heterocycles. The summed E-state index contributed by atoms with van der Waals surface area (Å²) in [5.74, 6) is 0.579. The number of hydrogen-bond donors (Lipinski definition) is 2. The second-order valence-electron chi connectivity index (χ2n) is 5.84. The molecule has 0 unspecified atom stereocenters. The SMILES string of the molecule is Cc1ccc(NC(=S)Nc2ccn(Cc3ccccc3)n2)c(OC(F)F)c1. The zero-order chi connectivity index (χ0) is 19.2. The molecule has 0 fully saturated rings. The molecule has 0 saturated carbocycles. The van der Waals surface area contributed by atoms with Crippen molar-refractivity contribution in [1.29, 1.82) is 0 Å². The van der Waals surface area contributed by atoms with Crippen LogP contribution in [0.3, 0.4) is 0 Å². The van der Waals surface area contributed by atoms with Gasteiger partial charge < -0.3 is 15.4 Å². The first kappa shape index (κ1) is 18.8. The van der Waals surface area contributed by atoms with E-state index in [2.05, 4.69) is 20.5 Å². The van der Waals surface area contributed by atoms with E-state index < -0.39 is 6.61 Å². The molecule has 0 bridgehead atoms. The van der Waals surface area contributed by atoms with Gasteiger partial charge in [-0.05, 0) is 42.4 Å². The summed E-state index contributed by atoms with van der Waals surface area (Å²) in [6.07, 6.45) is 1.83.